The molecule has 5 nitrogen and oxygen atoms in total. The molecule has 0 fully saturated rings. The van der Waals surface area contributed by atoms with Crippen molar-refractivity contribution >= 4 is 35.1 Å². The largest absolute Gasteiger partial charge is 0.469 e. The molecule has 1 heterocycles. The van der Waals surface area contributed by atoms with Crippen LogP contribution in [0.2, 0.25) is 10.0 Å². The summed E-state index contributed by atoms with van der Waals surface area (Å²) in [6, 6.07) is 11.8. The first kappa shape index (κ1) is 22.6. The topological polar surface area (TPSA) is 55.8 Å². The second-order valence-corrected chi connectivity index (χ2v) is 8.50. The summed E-state index contributed by atoms with van der Waals surface area (Å²) in [4.78, 5) is 26.1. The Morgan fingerprint density at radius 2 is 1.93 bits per heavy atom. The van der Waals surface area contributed by atoms with Gasteiger partial charge >= 0.3 is 11.9 Å². The van der Waals surface area contributed by atoms with E-state index in [1.807, 2.05) is 18.2 Å². The fourth-order valence-electron chi connectivity index (χ4n) is 4.04. The summed E-state index contributed by atoms with van der Waals surface area (Å²) in [6.45, 7) is 1.60. The number of ether oxygens (including phenoxy) is 2. The predicted octanol–water partition coefficient (Wildman–Crippen LogP) is 4.47. The molecule has 0 saturated carbocycles. The van der Waals surface area contributed by atoms with Gasteiger partial charge in [-0.05, 0) is 47.9 Å². The lowest BCUT2D eigenvalue weighted by atomic mass is 9.83. The number of hydrogen-bond donors (Lipinski definition) is 0. The second-order valence-electron chi connectivity index (χ2n) is 7.65. The fraction of sp³-hybridized carbons (Fsp3) is 0.391. The first-order chi connectivity index (χ1) is 14.3. The Morgan fingerprint density at radius 1 is 1.17 bits per heavy atom. The number of halogens is 2. The van der Waals surface area contributed by atoms with Crippen LogP contribution in [-0.4, -0.2) is 44.7 Å². The number of likely N-dealkylation sites (N-methyl/N-ethyl adjacent to an activating group) is 1. The van der Waals surface area contributed by atoms with Gasteiger partial charge < -0.3 is 14.4 Å². The minimum absolute atomic E-state index is 0.0202. The normalized spacial score (nSPS) is 17.2. The Kier molecular flexibility index (Phi) is 7.40. The third kappa shape index (κ3) is 5.15. The van der Waals surface area contributed by atoms with Crippen LogP contribution in [0.15, 0.2) is 36.4 Å². The SMILES string of the molecule is COC(=O)CC(Cc1cccc(C2CN(C)Cc3c(Cl)cc(Cl)cc32)c1)C(=O)OC. The molecule has 1 aliphatic rings. The summed E-state index contributed by atoms with van der Waals surface area (Å²) in [5.74, 6) is -1.35. The van der Waals surface area contributed by atoms with Crippen molar-refractivity contribution in [2.75, 3.05) is 27.8 Å². The standard InChI is InChI=1S/C23H25Cl2NO4/c1-26-12-19(18-10-17(24)11-21(25)20(18)13-26)15-6-4-5-14(7-15)8-16(23(28)30-3)9-22(27)29-2/h4-7,10-11,16,19H,8-9,12-13H2,1-3H3. The highest BCUT2D eigenvalue weighted by atomic mass is 35.5. The summed E-state index contributed by atoms with van der Waals surface area (Å²) >= 11 is 12.8. The van der Waals surface area contributed by atoms with Gasteiger partial charge in [-0.3, -0.25) is 9.59 Å². The van der Waals surface area contributed by atoms with Gasteiger partial charge in [-0.25, -0.2) is 0 Å². The molecular formula is C23H25Cl2NO4. The van der Waals surface area contributed by atoms with Crippen LogP contribution >= 0.6 is 23.2 Å². The van der Waals surface area contributed by atoms with Crippen molar-refractivity contribution in [3.05, 3.63) is 68.7 Å². The van der Waals surface area contributed by atoms with E-state index in [1.54, 1.807) is 6.07 Å². The molecule has 0 saturated heterocycles. The quantitative estimate of drug-likeness (QED) is 0.609. The number of nitrogens with zero attached hydrogens (tertiary/aromatic N) is 1. The van der Waals surface area contributed by atoms with Gasteiger partial charge in [-0.15, -0.1) is 0 Å². The van der Waals surface area contributed by atoms with Gasteiger partial charge in [0, 0.05) is 29.1 Å². The summed E-state index contributed by atoms with van der Waals surface area (Å²) in [5, 5.41) is 1.29. The fourth-order valence-corrected chi connectivity index (χ4v) is 4.61. The molecule has 0 aliphatic carbocycles. The molecule has 3 rings (SSSR count). The second kappa shape index (κ2) is 9.82. The van der Waals surface area contributed by atoms with Crippen molar-refractivity contribution in [1.82, 2.24) is 4.90 Å². The molecule has 0 amide bonds. The highest BCUT2D eigenvalue weighted by Gasteiger charge is 2.28. The number of carbonyl (C=O) groups excluding carboxylic acids is 2. The smallest absolute Gasteiger partial charge is 0.309 e. The average molecular weight is 450 g/mol. The summed E-state index contributed by atoms with van der Waals surface area (Å²) in [5.41, 5.74) is 4.28. The van der Waals surface area contributed by atoms with Gasteiger partial charge in [0.05, 0.1) is 26.6 Å². The molecule has 30 heavy (non-hydrogen) atoms. The summed E-state index contributed by atoms with van der Waals surface area (Å²) in [7, 11) is 4.70. The van der Waals surface area contributed by atoms with E-state index in [1.165, 1.54) is 14.2 Å². The van der Waals surface area contributed by atoms with Gasteiger partial charge in [0.25, 0.3) is 0 Å². The predicted molar refractivity (Wildman–Crippen MR) is 117 cm³/mol. The number of carbonyl (C=O) groups is 2. The highest BCUT2D eigenvalue weighted by molar-refractivity contribution is 6.35. The minimum Gasteiger partial charge on any atom is -0.469 e. The summed E-state index contributed by atoms with van der Waals surface area (Å²) in [6.07, 6.45) is 0.370. The van der Waals surface area contributed by atoms with Crippen LogP contribution in [0.25, 0.3) is 0 Å². The zero-order valence-corrected chi connectivity index (χ0v) is 18.8. The van der Waals surface area contributed by atoms with E-state index in [4.69, 9.17) is 32.7 Å². The number of rotatable bonds is 6. The average Bonchev–Trinajstić information content (AvgIpc) is 2.72. The molecule has 0 bridgehead atoms. The molecule has 0 aromatic heterocycles. The molecule has 0 spiro atoms. The number of esters is 2. The van der Waals surface area contributed by atoms with Gasteiger partial charge in [0.2, 0.25) is 0 Å². The van der Waals surface area contributed by atoms with Crippen LogP contribution in [0.3, 0.4) is 0 Å². The Labute approximate surface area is 186 Å². The van der Waals surface area contributed by atoms with E-state index < -0.39 is 17.9 Å². The lowest BCUT2D eigenvalue weighted by Gasteiger charge is -2.33. The number of methoxy groups -OCH3 is 2. The van der Waals surface area contributed by atoms with Gasteiger partial charge in [-0.1, -0.05) is 47.5 Å². The molecule has 1 aliphatic heterocycles. The van der Waals surface area contributed by atoms with Gasteiger partial charge in [0.1, 0.15) is 0 Å². The molecule has 160 valence electrons. The van der Waals surface area contributed by atoms with Crippen molar-refractivity contribution < 1.29 is 19.1 Å². The summed E-state index contributed by atoms with van der Waals surface area (Å²) < 4.78 is 9.61. The molecule has 2 aromatic carbocycles. The third-order valence-corrected chi connectivity index (χ3v) is 6.06. The van der Waals surface area contributed by atoms with Crippen LogP contribution in [0.4, 0.5) is 0 Å². The molecule has 7 heteroatoms. The Balaban J connectivity index is 1.92. The van der Waals surface area contributed by atoms with E-state index in [-0.39, 0.29) is 12.3 Å². The minimum atomic E-state index is -0.595. The van der Waals surface area contributed by atoms with Crippen LogP contribution in [-0.2, 0) is 32.0 Å². The molecule has 2 unspecified atom stereocenters. The Bertz CT molecular complexity index is 947. The van der Waals surface area contributed by atoms with Crippen LogP contribution in [0, 0.1) is 5.92 Å². The van der Waals surface area contributed by atoms with Gasteiger partial charge in [0.15, 0.2) is 0 Å². The molecule has 0 N–H and O–H groups in total. The number of hydrogen-bond acceptors (Lipinski definition) is 5. The third-order valence-electron chi connectivity index (χ3n) is 5.50. The maximum absolute atomic E-state index is 12.2. The van der Waals surface area contributed by atoms with Gasteiger partial charge in [-0.2, -0.15) is 0 Å². The number of fused-ring (bicyclic) bond motifs is 1. The van der Waals surface area contributed by atoms with Crippen molar-refractivity contribution in [2.24, 2.45) is 5.92 Å². The zero-order chi connectivity index (χ0) is 21.8. The van der Waals surface area contributed by atoms with Crippen molar-refractivity contribution in [3.63, 3.8) is 0 Å². The van der Waals surface area contributed by atoms with Crippen molar-refractivity contribution in [1.29, 1.82) is 0 Å². The Hall–Kier alpha value is -2.08. The van der Waals surface area contributed by atoms with E-state index in [0.717, 1.165) is 35.3 Å². The monoisotopic (exact) mass is 449 g/mol. The van der Waals surface area contributed by atoms with E-state index in [0.29, 0.717) is 16.5 Å². The molecule has 0 radical (unpaired) electrons. The Morgan fingerprint density at radius 3 is 2.63 bits per heavy atom. The highest BCUT2D eigenvalue weighted by Crippen LogP contribution is 2.38. The zero-order valence-electron chi connectivity index (χ0n) is 17.3. The molecular weight excluding hydrogens is 425 g/mol. The maximum atomic E-state index is 12.2. The lowest BCUT2D eigenvalue weighted by molar-refractivity contribution is -0.151. The van der Waals surface area contributed by atoms with Crippen LogP contribution in [0.1, 0.15) is 34.6 Å². The van der Waals surface area contributed by atoms with Crippen molar-refractivity contribution in [2.45, 2.75) is 25.3 Å². The first-order valence-electron chi connectivity index (χ1n) is 9.72. The van der Waals surface area contributed by atoms with Crippen molar-refractivity contribution in [3.8, 4) is 0 Å². The molecule has 2 atom stereocenters. The maximum Gasteiger partial charge on any atom is 0.309 e. The molecule has 2 aromatic rings. The van der Waals surface area contributed by atoms with E-state index in [2.05, 4.69) is 24.1 Å². The van der Waals surface area contributed by atoms with E-state index in [9.17, 15) is 9.59 Å². The first-order valence-corrected chi connectivity index (χ1v) is 10.5. The van der Waals surface area contributed by atoms with Crippen LogP contribution < -0.4 is 0 Å². The van der Waals surface area contributed by atoms with E-state index >= 15 is 0 Å². The van der Waals surface area contributed by atoms with Crippen LogP contribution in [0.5, 0.6) is 0 Å². The number of benzene rings is 2. The lowest BCUT2D eigenvalue weighted by Crippen LogP contribution is -2.31.